The number of aromatic nitrogens is 2. The van der Waals surface area contributed by atoms with Gasteiger partial charge in [-0.1, -0.05) is 19.8 Å². The number of hydrogen-bond acceptors (Lipinski definition) is 4. The first-order chi connectivity index (χ1) is 10.7. The number of nitrogens with zero attached hydrogens (tertiary/aromatic N) is 2. The lowest BCUT2D eigenvalue weighted by Gasteiger charge is -2.41. The molecule has 0 spiro atoms. The largest absolute Gasteiger partial charge is 0.465 e. The summed E-state index contributed by atoms with van der Waals surface area (Å²) in [6.07, 6.45) is 0.779. The van der Waals surface area contributed by atoms with Gasteiger partial charge in [-0.05, 0) is 27.2 Å². The van der Waals surface area contributed by atoms with Gasteiger partial charge in [0.1, 0.15) is 5.82 Å². The zero-order valence-electron chi connectivity index (χ0n) is 14.0. The molecule has 0 saturated carbocycles. The molecule has 0 aliphatic heterocycles. The average Bonchev–Trinajstić information content (AvgIpc) is 2.93. The van der Waals surface area contributed by atoms with E-state index in [1.807, 2.05) is 6.92 Å². The molecule has 1 aromatic rings. The third-order valence-electron chi connectivity index (χ3n) is 3.51. The second kappa shape index (κ2) is 7.96. The zero-order chi connectivity index (χ0) is 17.6. The number of aliphatic hydroxyl groups excluding tert-OH is 1. The van der Waals surface area contributed by atoms with E-state index in [9.17, 15) is 19.8 Å². The Bertz CT molecular complexity index is 510. The summed E-state index contributed by atoms with van der Waals surface area (Å²) < 4.78 is 0. The topological polar surface area (TPSA) is 119 Å². The molecule has 2 atom stereocenters. The van der Waals surface area contributed by atoms with E-state index in [-0.39, 0.29) is 0 Å². The maximum atomic E-state index is 12.2. The van der Waals surface area contributed by atoms with E-state index in [0.29, 0.717) is 18.7 Å². The fraction of sp³-hybridized carbons (Fsp3) is 0.667. The van der Waals surface area contributed by atoms with Gasteiger partial charge in [-0.3, -0.25) is 14.8 Å². The molecular weight excluding hydrogens is 300 g/mol. The molecule has 0 bridgehead atoms. The van der Waals surface area contributed by atoms with Crippen LogP contribution < -0.4 is 5.32 Å². The van der Waals surface area contributed by atoms with E-state index in [0.717, 1.165) is 11.3 Å². The van der Waals surface area contributed by atoms with Crippen LogP contribution in [0.15, 0.2) is 12.3 Å². The molecule has 0 fully saturated rings. The van der Waals surface area contributed by atoms with Crippen molar-refractivity contribution < 1.29 is 19.8 Å². The van der Waals surface area contributed by atoms with E-state index in [4.69, 9.17) is 0 Å². The monoisotopic (exact) mass is 326 g/mol. The van der Waals surface area contributed by atoms with Crippen molar-refractivity contribution in [2.75, 3.05) is 5.32 Å². The molecule has 0 aromatic carbocycles. The Morgan fingerprint density at radius 2 is 2.09 bits per heavy atom. The number of amides is 2. The van der Waals surface area contributed by atoms with Gasteiger partial charge in [0.2, 0.25) is 0 Å². The highest BCUT2D eigenvalue weighted by Crippen LogP contribution is 2.24. The van der Waals surface area contributed by atoms with Crippen LogP contribution in [0.25, 0.3) is 0 Å². The third-order valence-corrected chi connectivity index (χ3v) is 3.51. The Labute approximate surface area is 135 Å². The number of rotatable bonds is 7. The van der Waals surface area contributed by atoms with E-state index >= 15 is 0 Å². The molecule has 8 nitrogen and oxygen atoms in total. The minimum atomic E-state index is -1.47. The number of aromatic amines is 1. The summed E-state index contributed by atoms with van der Waals surface area (Å²) in [5, 5.41) is 28.7. The van der Waals surface area contributed by atoms with Gasteiger partial charge in [-0.15, -0.1) is 0 Å². The SMILES string of the molecule is CCCC[C@@H]([C@H](O)C(=O)Nc1ccn[nH]1)N(C(=O)O)C(C)(C)C. The molecule has 0 unspecified atom stereocenters. The minimum absolute atomic E-state index is 0.348. The Morgan fingerprint density at radius 3 is 2.52 bits per heavy atom. The molecule has 2 amide bonds. The maximum absolute atomic E-state index is 12.2. The fourth-order valence-electron chi connectivity index (χ4n) is 2.47. The predicted molar refractivity (Wildman–Crippen MR) is 86.2 cm³/mol. The quantitative estimate of drug-likeness (QED) is 0.611. The van der Waals surface area contributed by atoms with E-state index in [2.05, 4.69) is 15.5 Å². The lowest BCUT2D eigenvalue weighted by Crippen LogP contribution is -2.57. The molecule has 0 aliphatic rings. The second-order valence-corrected chi connectivity index (χ2v) is 6.44. The second-order valence-electron chi connectivity index (χ2n) is 6.44. The molecule has 1 heterocycles. The summed E-state index contributed by atoms with van der Waals surface area (Å²) in [5.74, 6) is -0.313. The molecule has 130 valence electrons. The van der Waals surface area contributed by atoms with E-state index in [1.54, 1.807) is 26.8 Å². The standard InChI is InChI=1S/C15H26N4O4/c1-5-6-7-10(19(14(22)23)15(2,3)4)12(20)13(21)17-11-8-9-16-18-11/h8-10,12,20H,5-7H2,1-4H3,(H,22,23)(H2,16,17,18,21)/t10-,12-/m0/s1. The zero-order valence-corrected chi connectivity index (χ0v) is 14.0. The summed E-state index contributed by atoms with van der Waals surface area (Å²) in [7, 11) is 0. The van der Waals surface area contributed by atoms with Crippen LogP contribution in [-0.2, 0) is 4.79 Å². The van der Waals surface area contributed by atoms with Crippen molar-refractivity contribution in [3.05, 3.63) is 12.3 Å². The van der Waals surface area contributed by atoms with Gasteiger partial charge in [0.05, 0.1) is 12.2 Å². The molecule has 0 aliphatic carbocycles. The average molecular weight is 326 g/mol. The Kier molecular flexibility index (Phi) is 6.56. The number of unbranched alkanes of at least 4 members (excludes halogenated alkanes) is 1. The van der Waals surface area contributed by atoms with Crippen LogP contribution in [0.2, 0.25) is 0 Å². The van der Waals surface area contributed by atoms with Crippen molar-refractivity contribution >= 4 is 17.8 Å². The van der Waals surface area contributed by atoms with Crippen LogP contribution in [0.4, 0.5) is 10.6 Å². The maximum Gasteiger partial charge on any atom is 0.408 e. The number of carboxylic acid groups (broad SMARTS) is 1. The van der Waals surface area contributed by atoms with Gasteiger partial charge in [0.15, 0.2) is 6.10 Å². The first-order valence-corrected chi connectivity index (χ1v) is 7.69. The predicted octanol–water partition coefficient (Wildman–Crippen LogP) is 2.05. The molecule has 1 aromatic heterocycles. The van der Waals surface area contributed by atoms with Crippen molar-refractivity contribution in [1.29, 1.82) is 0 Å². The van der Waals surface area contributed by atoms with Crippen LogP contribution >= 0.6 is 0 Å². The highest BCUT2D eigenvalue weighted by Gasteiger charge is 2.39. The molecule has 0 saturated heterocycles. The summed E-state index contributed by atoms with van der Waals surface area (Å²) in [6, 6.07) is 0.722. The lowest BCUT2D eigenvalue weighted by atomic mass is 9.96. The highest BCUT2D eigenvalue weighted by atomic mass is 16.4. The Hall–Kier alpha value is -2.09. The van der Waals surface area contributed by atoms with Crippen LogP contribution in [-0.4, -0.2) is 55.0 Å². The van der Waals surface area contributed by atoms with Crippen molar-refractivity contribution in [1.82, 2.24) is 15.1 Å². The van der Waals surface area contributed by atoms with Crippen molar-refractivity contribution in [3.8, 4) is 0 Å². The first kappa shape index (κ1) is 19.0. The van der Waals surface area contributed by atoms with Gasteiger partial charge in [0.25, 0.3) is 5.91 Å². The van der Waals surface area contributed by atoms with Gasteiger partial charge in [-0.2, -0.15) is 5.10 Å². The van der Waals surface area contributed by atoms with E-state index < -0.39 is 29.7 Å². The number of carbonyl (C=O) groups is 2. The molecule has 4 N–H and O–H groups in total. The summed E-state index contributed by atoms with van der Waals surface area (Å²) in [4.78, 5) is 25.1. The molecule has 0 radical (unpaired) electrons. The van der Waals surface area contributed by atoms with Crippen LogP contribution in [0, 0.1) is 0 Å². The highest BCUT2D eigenvalue weighted by molar-refractivity contribution is 5.94. The third kappa shape index (κ3) is 5.24. The summed E-state index contributed by atoms with van der Waals surface area (Å²) >= 11 is 0. The normalized spacial score (nSPS) is 14.1. The van der Waals surface area contributed by atoms with Gasteiger partial charge < -0.3 is 15.5 Å². The molecule has 1 rings (SSSR count). The van der Waals surface area contributed by atoms with Crippen molar-refractivity contribution in [2.24, 2.45) is 0 Å². The Morgan fingerprint density at radius 1 is 1.43 bits per heavy atom. The minimum Gasteiger partial charge on any atom is -0.465 e. The number of nitrogens with one attached hydrogen (secondary N) is 2. The number of carbonyl (C=O) groups excluding carboxylic acids is 1. The Balaban J connectivity index is 2.98. The van der Waals surface area contributed by atoms with Crippen LogP contribution in [0.1, 0.15) is 47.0 Å². The van der Waals surface area contributed by atoms with E-state index in [1.165, 1.54) is 6.20 Å². The number of H-pyrrole nitrogens is 1. The van der Waals surface area contributed by atoms with Gasteiger partial charge in [0, 0.05) is 11.6 Å². The van der Waals surface area contributed by atoms with Crippen molar-refractivity contribution in [3.63, 3.8) is 0 Å². The lowest BCUT2D eigenvalue weighted by molar-refractivity contribution is -0.128. The fourth-order valence-corrected chi connectivity index (χ4v) is 2.47. The number of aliphatic hydroxyl groups is 1. The van der Waals surface area contributed by atoms with Gasteiger partial charge in [-0.25, -0.2) is 4.79 Å². The summed E-state index contributed by atoms with van der Waals surface area (Å²) in [6.45, 7) is 7.18. The number of anilines is 1. The summed E-state index contributed by atoms with van der Waals surface area (Å²) in [5.41, 5.74) is -0.737. The molecule has 8 heteroatoms. The molecular formula is C15H26N4O4. The smallest absolute Gasteiger partial charge is 0.408 e. The molecule has 23 heavy (non-hydrogen) atoms. The van der Waals surface area contributed by atoms with Crippen LogP contribution in [0.3, 0.4) is 0 Å². The van der Waals surface area contributed by atoms with Crippen molar-refractivity contribution in [2.45, 2.75) is 64.6 Å². The first-order valence-electron chi connectivity index (χ1n) is 7.69. The van der Waals surface area contributed by atoms with Gasteiger partial charge >= 0.3 is 6.09 Å². The van der Waals surface area contributed by atoms with Crippen LogP contribution in [0.5, 0.6) is 0 Å². The number of hydrogen-bond donors (Lipinski definition) is 4.